The summed E-state index contributed by atoms with van der Waals surface area (Å²) >= 11 is 0. The topological polar surface area (TPSA) is 72.0 Å². The van der Waals surface area contributed by atoms with Crippen molar-refractivity contribution in [3.05, 3.63) is 148 Å². The first-order valence-corrected chi connectivity index (χ1v) is 11.7. The Bertz CT molecular complexity index is 1140. The molecular weight excluding hydrogens is 517 g/mol. The number of nitrogens with zero attached hydrogens (tertiary/aromatic N) is 1. The van der Waals surface area contributed by atoms with Crippen molar-refractivity contribution in [2.24, 2.45) is 0 Å². The van der Waals surface area contributed by atoms with E-state index in [2.05, 4.69) is 10.8 Å². The van der Waals surface area contributed by atoms with Crippen LogP contribution in [0.3, 0.4) is 0 Å². The molecule has 0 aliphatic heterocycles. The zero-order valence-corrected chi connectivity index (χ0v) is 20.7. The van der Waals surface area contributed by atoms with Crippen molar-refractivity contribution in [1.29, 1.82) is 0 Å². The summed E-state index contributed by atoms with van der Waals surface area (Å²) in [6.07, 6.45) is 0. The summed E-state index contributed by atoms with van der Waals surface area (Å²) < 4.78 is 29.8. The largest absolute Gasteiger partial charge is 3.00 e. The summed E-state index contributed by atoms with van der Waals surface area (Å²) in [6.45, 7) is 1.90. The summed E-state index contributed by atoms with van der Waals surface area (Å²) in [7, 11) is -3.87. The van der Waals surface area contributed by atoms with E-state index in [0.29, 0.717) is 5.56 Å². The SMILES string of the molecule is Cc1ccc(S(=O)(=O)[N-][C@@H](c2ccccc2)[C@@H]([NH-])c2ccccc2)cc1.[Ru+3].[c-]1ccccc1. The molecule has 4 aromatic rings. The monoisotopic (exact) mass is 543 g/mol. The molecule has 0 unspecified atom stereocenters. The third-order valence-corrected chi connectivity index (χ3v) is 6.17. The summed E-state index contributed by atoms with van der Waals surface area (Å²) in [5, 5.41) is 0. The Morgan fingerprint density at radius 1 is 0.727 bits per heavy atom. The predicted molar refractivity (Wildman–Crippen MR) is 130 cm³/mol. The molecule has 0 bridgehead atoms. The second-order valence-electron chi connectivity index (χ2n) is 7.21. The van der Waals surface area contributed by atoms with Crippen LogP contribution in [-0.2, 0) is 29.5 Å². The quantitative estimate of drug-likeness (QED) is 0.193. The van der Waals surface area contributed by atoms with Gasteiger partial charge in [0.1, 0.15) is 10.0 Å². The molecular formula is C27H25N2O2RuS. The van der Waals surface area contributed by atoms with Gasteiger partial charge in [-0.2, -0.15) is 36.4 Å². The molecule has 0 saturated carbocycles. The second kappa shape index (κ2) is 13.2. The molecule has 33 heavy (non-hydrogen) atoms. The predicted octanol–water partition coefficient (Wildman–Crippen LogP) is 7.08. The molecule has 1 N–H and O–H groups in total. The van der Waals surface area contributed by atoms with Crippen molar-refractivity contribution in [2.75, 3.05) is 0 Å². The number of nitrogens with one attached hydrogen (secondary N) is 1. The Labute approximate surface area is 209 Å². The maximum absolute atomic E-state index is 12.8. The third-order valence-electron chi connectivity index (χ3n) is 4.79. The average Bonchev–Trinajstić information content (AvgIpc) is 2.85. The molecule has 0 saturated heterocycles. The summed E-state index contributed by atoms with van der Waals surface area (Å²) in [5.41, 5.74) is 11.0. The van der Waals surface area contributed by atoms with Crippen LogP contribution in [-0.4, -0.2) is 8.42 Å². The molecule has 4 nitrogen and oxygen atoms in total. The number of hydrogen-bond acceptors (Lipinski definition) is 2. The first-order chi connectivity index (χ1) is 15.5. The van der Waals surface area contributed by atoms with Crippen molar-refractivity contribution < 1.29 is 27.9 Å². The Kier molecular flexibility index (Phi) is 10.6. The Morgan fingerprint density at radius 2 is 1.21 bits per heavy atom. The van der Waals surface area contributed by atoms with Gasteiger partial charge in [0.25, 0.3) is 0 Å². The van der Waals surface area contributed by atoms with Gasteiger partial charge in [0, 0.05) is 4.90 Å². The summed E-state index contributed by atoms with van der Waals surface area (Å²) in [5.74, 6) is 0. The van der Waals surface area contributed by atoms with Gasteiger partial charge in [-0.1, -0.05) is 89.5 Å². The molecule has 0 heterocycles. The zero-order valence-electron chi connectivity index (χ0n) is 18.1. The fourth-order valence-corrected chi connectivity index (χ4v) is 4.21. The first kappa shape index (κ1) is 26.6. The molecule has 6 heteroatoms. The van der Waals surface area contributed by atoms with Gasteiger partial charge in [-0.3, -0.25) is 0 Å². The molecule has 4 aromatic carbocycles. The Balaban J connectivity index is 0.000000479. The van der Waals surface area contributed by atoms with Crippen LogP contribution in [0.4, 0.5) is 0 Å². The van der Waals surface area contributed by atoms with Gasteiger partial charge in [-0.05, 0) is 19.1 Å². The van der Waals surface area contributed by atoms with Gasteiger partial charge in [-0.25, -0.2) is 8.42 Å². The maximum atomic E-state index is 12.8. The fraction of sp³-hybridized carbons (Fsp3) is 0.111. The summed E-state index contributed by atoms with van der Waals surface area (Å²) in [4.78, 5) is 0.143. The van der Waals surface area contributed by atoms with E-state index in [0.717, 1.165) is 11.1 Å². The molecule has 0 aliphatic carbocycles. The first-order valence-electron chi connectivity index (χ1n) is 10.2. The zero-order chi connectivity index (χ0) is 22.8. The smallest absolute Gasteiger partial charge is 0.672 e. The summed E-state index contributed by atoms with van der Waals surface area (Å²) in [6, 6.07) is 35.8. The fourth-order valence-electron chi connectivity index (χ4n) is 3.07. The van der Waals surface area contributed by atoms with Gasteiger partial charge >= 0.3 is 19.5 Å². The molecule has 0 amide bonds. The van der Waals surface area contributed by atoms with Gasteiger partial charge < -0.3 is 10.5 Å². The van der Waals surface area contributed by atoms with Crippen LogP contribution in [0.2, 0.25) is 0 Å². The van der Waals surface area contributed by atoms with Gasteiger partial charge in [-0.15, -0.1) is 12.1 Å². The van der Waals surface area contributed by atoms with Crippen LogP contribution in [0, 0.1) is 13.0 Å². The van der Waals surface area contributed by atoms with E-state index in [1.54, 1.807) is 24.3 Å². The van der Waals surface area contributed by atoms with Crippen molar-refractivity contribution in [2.45, 2.75) is 23.9 Å². The normalized spacial score (nSPS) is 12.4. The number of aryl methyl sites for hydroxylation is 1. The Morgan fingerprint density at radius 3 is 1.67 bits per heavy atom. The number of sulfonamides is 1. The third kappa shape index (κ3) is 8.02. The van der Waals surface area contributed by atoms with Gasteiger partial charge in [0.15, 0.2) is 0 Å². The molecule has 169 valence electrons. The van der Waals surface area contributed by atoms with E-state index in [4.69, 9.17) is 5.73 Å². The van der Waals surface area contributed by atoms with E-state index in [1.807, 2.05) is 97.9 Å². The molecule has 0 aliphatic rings. The van der Waals surface area contributed by atoms with Crippen molar-refractivity contribution >= 4 is 10.0 Å². The number of hydrogen-bond donors (Lipinski definition) is 0. The van der Waals surface area contributed by atoms with Crippen LogP contribution < -0.4 is 0 Å². The van der Waals surface area contributed by atoms with Crippen LogP contribution in [0.1, 0.15) is 28.8 Å². The molecule has 2 atom stereocenters. The maximum Gasteiger partial charge on any atom is 3.00 e. The van der Waals surface area contributed by atoms with Gasteiger partial charge in [0.05, 0.1) is 0 Å². The minimum atomic E-state index is -3.87. The van der Waals surface area contributed by atoms with Crippen molar-refractivity contribution in [1.82, 2.24) is 0 Å². The number of rotatable bonds is 6. The van der Waals surface area contributed by atoms with Crippen LogP contribution in [0.15, 0.2) is 120 Å². The van der Waals surface area contributed by atoms with Crippen LogP contribution in [0.25, 0.3) is 10.5 Å². The minimum Gasteiger partial charge on any atom is -0.672 e. The van der Waals surface area contributed by atoms with E-state index >= 15 is 0 Å². The average molecular weight is 543 g/mol. The van der Waals surface area contributed by atoms with Gasteiger partial charge in [0.2, 0.25) is 0 Å². The Hall–Kier alpha value is -2.63. The standard InChI is InChI=1S/C21H20N2O2S.C6H5.Ru/c1-16-12-14-19(15-13-16)26(24,25)23-21(18-10-6-3-7-11-18)20(22)17-8-4-2-5-9-17;1-2-4-6-5-3-1;/h2-15,20-22H,1H3;1-5H;/q-2;-1;+3/t20-,21-;;/m0../s1. The molecule has 1 radical (unpaired) electrons. The van der Waals surface area contributed by atoms with E-state index in [-0.39, 0.29) is 24.4 Å². The van der Waals surface area contributed by atoms with E-state index in [1.165, 1.54) is 0 Å². The van der Waals surface area contributed by atoms with Crippen molar-refractivity contribution in [3.8, 4) is 0 Å². The van der Waals surface area contributed by atoms with E-state index in [9.17, 15) is 8.42 Å². The van der Waals surface area contributed by atoms with Crippen molar-refractivity contribution in [3.63, 3.8) is 0 Å². The molecule has 0 fully saturated rings. The van der Waals surface area contributed by atoms with E-state index < -0.39 is 22.1 Å². The molecule has 0 aromatic heterocycles. The number of benzene rings is 4. The second-order valence-corrected chi connectivity index (χ2v) is 8.85. The van der Waals surface area contributed by atoms with Crippen LogP contribution >= 0.6 is 0 Å². The molecule has 0 spiro atoms. The molecule has 4 rings (SSSR count). The minimum absolute atomic E-state index is 0. The van der Waals surface area contributed by atoms with Crippen LogP contribution in [0.5, 0.6) is 0 Å².